The van der Waals surface area contributed by atoms with E-state index < -0.39 is 6.04 Å². The molecule has 1 unspecified atom stereocenters. The molecule has 3 amide bonds. The minimum atomic E-state index is -0.753. The number of para-hydroxylation sites is 1. The fraction of sp³-hybridized carbons (Fsp3) is 0.222. The van der Waals surface area contributed by atoms with Crippen LogP contribution in [0.2, 0.25) is 0 Å². The predicted octanol–water partition coefficient (Wildman–Crippen LogP) is 3.35. The summed E-state index contributed by atoms with van der Waals surface area (Å²) in [4.78, 5) is 42.4. The van der Waals surface area contributed by atoms with Crippen LogP contribution >= 0.6 is 0 Å². The summed E-state index contributed by atoms with van der Waals surface area (Å²) in [6.07, 6.45) is 0. The van der Waals surface area contributed by atoms with E-state index in [0.29, 0.717) is 23.5 Å². The molecule has 1 saturated heterocycles. The molecule has 172 valence electrons. The lowest BCUT2D eigenvalue weighted by Crippen LogP contribution is -2.60. The molecule has 3 aromatic carbocycles. The number of amides is 3. The Morgan fingerprint density at radius 1 is 0.971 bits per heavy atom. The third-order valence-corrected chi connectivity index (χ3v) is 6.29. The van der Waals surface area contributed by atoms with Gasteiger partial charge < -0.3 is 19.9 Å². The highest BCUT2D eigenvalue weighted by molar-refractivity contribution is 6.10. The molecule has 3 aromatic rings. The van der Waals surface area contributed by atoms with E-state index in [1.807, 2.05) is 61.5 Å². The lowest BCUT2D eigenvalue weighted by atomic mass is 10.00. The van der Waals surface area contributed by atoms with Gasteiger partial charge in [0.05, 0.1) is 17.8 Å². The largest absolute Gasteiger partial charge is 0.484 e. The Labute approximate surface area is 197 Å². The average molecular weight is 456 g/mol. The fourth-order valence-electron chi connectivity index (χ4n) is 4.36. The molecule has 7 nitrogen and oxygen atoms in total. The van der Waals surface area contributed by atoms with Gasteiger partial charge in [-0.25, -0.2) is 0 Å². The maximum Gasteiger partial charge on any atom is 0.260 e. The summed E-state index contributed by atoms with van der Waals surface area (Å²) in [5.74, 6) is -0.111. The van der Waals surface area contributed by atoms with Crippen LogP contribution < -0.4 is 10.1 Å². The van der Waals surface area contributed by atoms with E-state index in [4.69, 9.17) is 4.74 Å². The van der Waals surface area contributed by atoms with Crippen LogP contribution in [0.4, 0.5) is 5.69 Å². The fourth-order valence-corrected chi connectivity index (χ4v) is 4.36. The van der Waals surface area contributed by atoms with E-state index in [1.54, 1.807) is 28.0 Å². The molecule has 0 radical (unpaired) electrons. The molecule has 0 aliphatic carbocycles. The standard InChI is InChI=1S/C27H25N3O4/c1-18-7-9-19(10-8-18)20-11-12-23-22(15-20)27(33)30-14-13-29(16-24(30)26(32)28-23)25(31)17-34-21-5-3-2-4-6-21/h2-12,15,24H,13-14,16-17H2,1H3,(H,28,32). The number of aryl methyl sites for hydroxylation is 1. The zero-order valence-electron chi connectivity index (χ0n) is 18.9. The molecule has 5 rings (SSSR count). The molecule has 34 heavy (non-hydrogen) atoms. The van der Waals surface area contributed by atoms with Gasteiger partial charge in [-0.3, -0.25) is 14.4 Å². The number of benzene rings is 3. The highest BCUT2D eigenvalue weighted by Gasteiger charge is 2.40. The SMILES string of the molecule is Cc1ccc(-c2ccc3c(c2)C(=O)N2CCN(C(=O)COc4ccccc4)CC2C(=O)N3)cc1. The summed E-state index contributed by atoms with van der Waals surface area (Å²) in [6.45, 7) is 2.67. The van der Waals surface area contributed by atoms with E-state index in [2.05, 4.69) is 5.32 Å². The molecule has 0 saturated carbocycles. The second-order valence-electron chi connectivity index (χ2n) is 8.57. The van der Waals surface area contributed by atoms with Crippen LogP contribution in [0.15, 0.2) is 72.8 Å². The third kappa shape index (κ3) is 4.24. The first kappa shape index (κ1) is 21.7. The summed E-state index contributed by atoms with van der Waals surface area (Å²) < 4.78 is 5.57. The van der Waals surface area contributed by atoms with Crippen molar-refractivity contribution >= 4 is 23.4 Å². The van der Waals surface area contributed by atoms with Gasteiger partial charge in [0.1, 0.15) is 11.8 Å². The van der Waals surface area contributed by atoms with Crippen molar-refractivity contribution < 1.29 is 19.1 Å². The first-order valence-corrected chi connectivity index (χ1v) is 11.3. The number of rotatable bonds is 4. The van der Waals surface area contributed by atoms with E-state index in [-0.39, 0.29) is 37.4 Å². The maximum atomic E-state index is 13.4. The summed E-state index contributed by atoms with van der Waals surface area (Å²) in [6, 6.07) is 21.9. The molecule has 1 fully saturated rings. The van der Waals surface area contributed by atoms with Gasteiger partial charge in [0.15, 0.2) is 6.61 Å². The average Bonchev–Trinajstić information content (AvgIpc) is 2.97. The van der Waals surface area contributed by atoms with Gasteiger partial charge in [-0.05, 0) is 42.3 Å². The number of ether oxygens (including phenoxy) is 1. The molecular weight excluding hydrogens is 430 g/mol. The van der Waals surface area contributed by atoms with Crippen LogP contribution in [-0.2, 0) is 9.59 Å². The number of hydrogen-bond acceptors (Lipinski definition) is 4. The van der Waals surface area contributed by atoms with E-state index in [1.165, 1.54) is 0 Å². The second kappa shape index (κ2) is 9.02. The van der Waals surface area contributed by atoms with Crippen molar-refractivity contribution in [3.63, 3.8) is 0 Å². The molecule has 7 heteroatoms. The van der Waals surface area contributed by atoms with Gasteiger partial charge in [-0.2, -0.15) is 0 Å². The second-order valence-corrected chi connectivity index (χ2v) is 8.57. The van der Waals surface area contributed by atoms with Gasteiger partial charge in [0.25, 0.3) is 11.8 Å². The van der Waals surface area contributed by atoms with Crippen molar-refractivity contribution in [2.75, 3.05) is 31.6 Å². The van der Waals surface area contributed by atoms with Crippen molar-refractivity contribution in [2.24, 2.45) is 0 Å². The molecule has 2 heterocycles. The Morgan fingerprint density at radius 3 is 2.47 bits per heavy atom. The van der Waals surface area contributed by atoms with Crippen LogP contribution in [0.5, 0.6) is 5.75 Å². The van der Waals surface area contributed by atoms with Crippen LogP contribution in [0, 0.1) is 6.92 Å². The first-order valence-electron chi connectivity index (χ1n) is 11.3. The summed E-state index contributed by atoms with van der Waals surface area (Å²) >= 11 is 0. The van der Waals surface area contributed by atoms with Crippen LogP contribution in [0.3, 0.4) is 0 Å². The Kier molecular flexibility index (Phi) is 5.76. The van der Waals surface area contributed by atoms with E-state index in [9.17, 15) is 14.4 Å². The minimum absolute atomic E-state index is 0.119. The van der Waals surface area contributed by atoms with Crippen LogP contribution in [0.1, 0.15) is 15.9 Å². The zero-order valence-corrected chi connectivity index (χ0v) is 18.9. The molecule has 0 aromatic heterocycles. The predicted molar refractivity (Wildman–Crippen MR) is 129 cm³/mol. The number of carbonyl (C=O) groups excluding carboxylic acids is 3. The van der Waals surface area contributed by atoms with Crippen LogP contribution in [-0.4, -0.2) is 59.8 Å². The maximum absolute atomic E-state index is 13.4. The van der Waals surface area contributed by atoms with Crippen molar-refractivity contribution in [1.82, 2.24) is 9.80 Å². The molecule has 0 spiro atoms. The highest BCUT2D eigenvalue weighted by Crippen LogP contribution is 2.30. The van der Waals surface area contributed by atoms with Gasteiger partial charge in [-0.15, -0.1) is 0 Å². The van der Waals surface area contributed by atoms with Crippen molar-refractivity contribution in [1.29, 1.82) is 0 Å². The number of nitrogens with zero attached hydrogens (tertiary/aromatic N) is 2. The van der Waals surface area contributed by atoms with Crippen molar-refractivity contribution in [3.05, 3.63) is 83.9 Å². The molecule has 1 atom stereocenters. The van der Waals surface area contributed by atoms with Gasteiger partial charge in [0.2, 0.25) is 5.91 Å². The minimum Gasteiger partial charge on any atom is -0.484 e. The van der Waals surface area contributed by atoms with Crippen molar-refractivity contribution in [3.8, 4) is 16.9 Å². The molecule has 1 N–H and O–H groups in total. The Bertz CT molecular complexity index is 1240. The van der Waals surface area contributed by atoms with Crippen LogP contribution in [0.25, 0.3) is 11.1 Å². The lowest BCUT2D eigenvalue weighted by Gasteiger charge is -2.39. The Morgan fingerprint density at radius 2 is 1.71 bits per heavy atom. The summed E-state index contributed by atoms with van der Waals surface area (Å²) in [7, 11) is 0. The number of hydrogen-bond donors (Lipinski definition) is 1. The topological polar surface area (TPSA) is 79.0 Å². The lowest BCUT2D eigenvalue weighted by molar-refractivity contribution is -0.137. The quantitative estimate of drug-likeness (QED) is 0.655. The van der Waals surface area contributed by atoms with E-state index >= 15 is 0 Å². The van der Waals surface area contributed by atoms with Gasteiger partial charge in [-0.1, -0.05) is 54.1 Å². The molecule has 2 aliphatic heterocycles. The molecular formula is C27H25N3O4. The molecule has 0 bridgehead atoms. The highest BCUT2D eigenvalue weighted by atomic mass is 16.5. The Balaban J connectivity index is 1.33. The summed E-state index contributed by atoms with van der Waals surface area (Å²) in [5.41, 5.74) is 4.02. The summed E-state index contributed by atoms with van der Waals surface area (Å²) in [5, 5.41) is 2.89. The first-order chi connectivity index (χ1) is 16.5. The Hall–Kier alpha value is -4.13. The van der Waals surface area contributed by atoms with Crippen molar-refractivity contribution in [2.45, 2.75) is 13.0 Å². The number of carbonyl (C=O) groups is 3. The molecule has 2 aliphatic rings. The third-order valence-electron chi connectivity index (χ3n) is 6.29. The number of fused-ring (bicyclic) bond motifs is 2. The smallest absolute Gasteiger partial charge is 0.260 e. The number of anilines is 1. The monoisotopic (exact) mass is 455 g/mol. The normalized spacial score (nSPS) is 17.4. The van der Waals surface area contributed by atoms with Gasteiger partial charge in [0, 0.05) is 13.1 Å². The zero-order chi connectivity index (χ0) is 23.7. The van der Waals surface area contributed by atoms with E-state index in [0.717, 1.165) is 16.7 Å². The number of nitrogens with one attached hydrogen (secondary N) is 1. The number of piperazine rings is 1. The van der Waals surface area contributed by atoms with Gasteiger partial charge >= 0.3 is 0 Å².